The first-order valence-corrected chi connectivity index (χ1v) is 8.64. The lowest BCUT2D eigenvalue weighted by atomic mass is 10.0. The number of cyclic esters (lactones) is 1. The predicted octanol–water partition coefficient (Wildman–Crippen LogP) is 3.11. The molecule has 1 aromatic carbocycles. The summed E-state index contributed by atoms with van der Waals surface area (Å²) in [5.74, 6) is -0.350. The van der Waals surface area contributed by atoms with Gasteiger partial charge in [0.2, 0.25) is 5.91 Å². The molecule has 1 N–H and O–H groups in total. The van der Waals surface area contributed by atoms with Crippen molar-refractivity contribution in [2.24, 2.45) is 0 Å². The molecule has 0 bridgehead atoms. The van der Waals surface area contributed by atoms with Crippen LogP contribution < -0.4 is 5.32 Å². The highest BCUT2D eigenvalue weighted by atomic mass is 19.1. The van der Waals surface area contributed by atoms with Crippen molar-refractivity contribution in [2.75, 3.05) is 25.1 Å². The maximum Gasteiger partial charge on any atom is 0.324 e. The number of rotatable bonds is 6. The molecular formula is C19H27FN2O3. The number of halogens is 1. The van der Waals surface area contributed by atoms with E-state index in [1.54, 1.807) is 18.7 Å². The number of hydrogen-bond donors (Lipinski definition) is 1. The fourth-order valence-electron chi connectivity index (χ4n) is 3.02. The molecule has 1 aliphatic heterocycles. The minimum Gasteiger partial charge on any atom is -0.457 e. The van der Waals surface area contributed by atoms with Gasteiger partial charge in [0.05, 0.1) is 6.42 Å². The molecule has 0 radical (unpaired) electrons. The Bertz CT molecular complexity index is 614. The summed E-state index contributed by atoms with van der Waals surface area (Å²) in [6.07, 6.45) is -0.0547. The van der Waals surface area contributed by atoms with E-state index in [0.717, 1.165) is 0 Å². The van der Waals surface area contributed by atoms with Crippen molar-refractivity contribution in [3.8, 4) is 0 Å². The average Bonchev–Trinajstić information content (AvgIpc) is 2.51. The van der Waals surface area contributed by atoms with Crippen LogP contribution in [0.4, 0.5) is 10.1 Å². The van der Waals surface area contributed by atoms with Gasteiger partial charge in [-0.1, -0.05) is 26.0 Å². The Morgan fingerprint density at radius 1 is 1.36 bits per heavy atom. The highest BCUT2D eigenvalue weighted by Gasteiger charge is 2.41. The summed E-state index contributed by atoms with van der Waals surface area (Å²) in [5.41, 5.74) is 1.19. The molecule has 138 valence electrons. The van der Waals surface area contributed by atoms with Crippen LogP contribution >= 0.6 is 0 Å². The summed E-state index contributed by atoms with van der Waals surface area (Å²) in [6.45, 7) is 7.71. The van der Waals surface area contributed by atoms with Crippen molar-refractivity contribution in [2.45, 2.75) is 51.7 Å². The van der Waals surface area contributed by atoms with Gasteiger partial charge >= 0.3 is 5.97 Å². The standard InChI is InChI=1S/C19H27FN2O3/c1-13(2)14-5-7-15(8-6-14)21-17(23)11-16-18(24)25-19(3,4)12-22(16)10-9-20/h5-8,13,16H,9-12H2,1-4H3,(H,21,23). The lowest BCUT2D eigenvalue weighted by Gasteiger charge is -2.41. The van der Waals surface area contributed by atoms with Gasteiger partial charge in [-0.2, -0.15) is 0 Å². The van der Waals surface area contributed by atoms with Gasteiger partial charge in [-0.15, -0.1) is 0 Å². The fraction of sp³-hybridized carbons (Fsp3) is 0.579. The Hall–Kier alpha value is -1.95. The minimum absolute atomic E-state index is 0.0547. The zero-order valence-corrected chi connectivity index (χ0v) is 15.3. The van der Waals surface area contributed by atoms with E-state index in [1.165, 1.54) is 5.56 Å². The summed E-state index contributed by atoms with van der Waals surface area (Å²) in [6, 6.07) is 6.86. The number of carbonyl (C=O) groups is 2. The van der Waals surface area contributed by atoms with Crippen molar-refractivity contribution in [3.05, 3.63) is 29.8 Å². The van der Waals surface area contributed by atoms with Crippen molar-refractivity contribution in [1.29, 1.82) is 0 Å². The van der Waals surface area contributed by atoms with E-state index in [0.29, 0.717) is 18.2 Å². The molecule has 1 saturated heterocycles. The second-order valence-electron chi connectivity index (χ2n) is 7.39. The van der Waals surface area contributed by atoms with Crippen LogP contribution in [0.5, 0.6) is 0 Å². The highest BCUT2D eigenvalue weighted by molar-refractivity contribution is 5.94. The molecule has 0 saturated carbocycles. The lowest BCUT2D eigenvalue weighted by Crippen LogP contribution is -2.58. The number of morpholine rings is 1. The van der Waals surface area contributed by atoms with Gasteiger partial charge in [0.1, 0.15) is 18.3 Å². The number of nitrogens with zero attached hydrogens (tertiary/aromatic N) is 1. The molecule has 5 nitrogen and oxygen atoms in total. The van der Waals surface area contributed by atoms with Crippen molar-refractivity contribution in [3.63, 3.8) is 0 Å². The largest absolute Gasteiger partial charge is 0.457 e. The maximum absolute atomic E-state index is 12.8. The van der Waals surface area contributed by atoms with E-state index < -0.39 is 24.3 Å². The molecule has 1 amide bonds. The van der Waals surface area contributed by atoms with Crippen LogP contribution in [0.2, 0.25) is 0 Å². The van der Waals surface area contributed by atoms with Crippen LogP contribution in [0.1, 0.15) is 45.6 Å². The number of ether oxygens (including phenoxy) is 1. The molecule has 0 spiro atoms. The summed E-state index contributed by atoms with van der Waals surface area (Å²) >= 11 is 0. The molecule has 1 aromatic rings. The van der Waals surface area contributed by atoms with Crippen LogP contribution in [0.15, 0.2) is 24.3 Å². The van der Waals surface area contributed by atoms with Gasteiger partial charge in [-0.3, -0.25) is 14.5 Å². The first-order valence-electron chi connectivity index (χ1n) is 8.64. The number of hydrogen-bond acceptors (Lipinski definition) is 4. The Morgan fingerprint density at radius 3 is 2.56 bits per heavy atom. The highest BCUT2D eigenvalue weighted by Crippen LogP contribution is 2.24. The summed E-state index contributed by atoms with van der Waals surface area (Å²) < 4.78 is 18.2. The minimum atomic E-state index is -0.751. The van der Waals surface area contributed by atoms with E-state index in [9.17, 15) is 14.0 Å². The van der Waals surface area contributed by atoms with Gasteiger partial charge in [0.25, 0.3) is 0 Å². The second-order valence-corrected chi connectivity index (χ2v) is 7.39. The average molecular weight is 350 g/mol. The Kier molecular flexibility index (Phi) is 6.16. The molecular weight excluding hydrogens is 323 g/mol. The van der Waals surface area contributed by atoms with Gasteiger partial charge in [-0.25, -0.2) is 4.39 Å². The molecule has 25 heavy (non-hydrogen) atoms. The first kappa shape index (κ1) is 19.4. The number of alkyl halides is 1. The van der Waals surface area contributed by atoms with E-state index in [1.807, 2.05) is 24.3 Å². The zero-order chi connectivity index (χ0) is 18.6. The zero-order valence-electron chi connectivity index (χ0n) is 15.3. The number of esters is 1. The quantitative estimate of drug-likeness (QED) is 0.801. The number of carbonyl (C=O) groups excluding carboxylic acids is 2. The molecule has 0 aliphatic carbocycles. The molecule has 1 aliphatic rings. The maximum atomic E-state index is 12.8. The molecule has 1 heterocycles. The summed E-state index contributed by atoms with van der Waals surface area (Å²) in [7, 11) is 0. The second kappa shape index (κ2) is 7.95. The Labute approximate surface area is 148 Å². The molecule has 6 heteroatoms. The molecule has 2 rings (SSSR count). The SMILES string of the molecule is CC(C)c1ccc(NC(=O)CC2C(=O)OC(C)(C)CN2CCF)cc1. The number of benzene rings is 1. The Balaban J connectivity index is 2.01. The van der Waals surface area contributed by atoms with E-state index in [-0.39, 0.29) is 18.9 Å². The monoisotopic (exact) mass is 350 g/mol. The Morgan fingerprint density at radius 2 is 2.00 bits per heavy atom. The van der Waals surface area contributed by atoms with Crippen molar-refractivity contribution in [1.82, 2.24) is 4.90 Å². The topological polar surface area (TPSA) is 58.6 Å². The number of anilines is 1. The van der Waals surface area contributed by atoms with Gasteiger partial charge < -0.3 is 10.1 Å². The third kappa shape index (κ3) is 5.26. The first-order chi connectivity index (χ1) is 11.7. The third-order valence-corrected chi connectivity index (χ3v) is 4.29. The molecule has 1 atom stereocenters. The predicted molar refractivity (Wildman–Crippen MR) is 95.3 cm³/mol. The van der Waals surface area contributed by atoms with Crippen LogP contribution in [0.25, 0.3) is 0 Å². The van der Waals surface area contributed by atoms with E-state index in [4.69, 9.17) is 4.74 Å². The van der Waals surface area contributed by atoms with Crippen molar-refractivity contribution >= 4 is 17.6 Å². The summed E-state index contributed by atoms with van der Waals surface area (Å²) in [5, 5.41) is 2.79. The molecule has 0 aromatic heterocycles. The van der Waals surface area contributed by atoms with Gasteiger partial charge in [0, 0.05) is 18.8 Å². The van der Waals surface area contributed by atoms with E-state index >= 15 is 0 Å². The molecule has 1 unspecified atom stereocenters. The number of nitrogens with one attached hydrogen (secondary N) is 1. The molecule has 1 fully saturated rings. The summed E-state index contributed by atoms with van der Waals surface area (Å²) in [4.78, 5) is 26.2. The van der Waals surface area contributed by atoms with Crippen LogP contribution in [-0.4, -0.2) is 48.2 Å². The normalized spacial score (nSPS) is 20.4. The van der Waals surface area contributed by atoms with Gasteiger partial charge in [0.15, 0.2) is 0 Å². The van der Waals surface area contributed by atoms with Crippen LogP contribution in [0.3, 0.4) is 0 Å². The lowest BCUT2D eigenvalue weighted by molar-refractivity contribution is -0.179. The fourth-order valence-corrected chi connectivity index (χ4v) is 3.02. The number of amides is 1. The van der Waals surface area contributed by atoms with E-state index in [2.05, 4.69) is 19.2 Å². The van der Waals surface area contributed by atoms with Crippen LogP contribution in [0, 0.1) is 0 Å². The third-order valence-electron chi connectivity index (χ3n) is 4.29. The smallest absolute Gasteiger partial charge is 0.324 e. The van der Waals surface area contributed by atoms with Gasteiger partial charge in [-0.05, 0) is 37.5 Å². The van der Waals surface area contributed by atoms with Crippen molar-refractivity contribution < 1.29 is 18.7 Å². The van der Waals surface area contributed by atoms with Crippen LogP contribution in [-0.2, 0) is 14.3 Å².